The van der Waals surface area contributed by atoms with Crippen molar-refractivity contribution < 1.29 is 9.53 Å². The van der Waals surface area contributed by atoms with Crippen molar-refractivity contribution in [2.24, 2.45) is 0 Å². The van der Waals surface area contributed by atoms with Gasteiger partial charge in [-0.25, -0.2) is 9.78 Å². The van der Waals surface area contributed by atoms with Crippen molar-refractivity contribution in [2.75, 3.05) is 12.4 Å². The fraction of sp³-hybridized carbons (Fsp3) is 0.200. The molecule has 6 heteroatoms. The van der Waals surface area contributed by atoms with E-state index >= 15 is 0 Å². The summed E-state index contributed by atoms with van der Waals surface area (Å²) in [5.74, 6) is -0.359. The predicted molar refractivity (Wildman–Crippen MR) is 83.8 cm³/mol. The maximum atomic E-state index is 11.4. The summed E-state index contributed by atoms with van der Waals surface area (Å²) in [4.78, 5) is 18.8. The summed E-state index contributed by atoms with van der Waals surface area (Å²) in [6.45, 7) is 2.62. The van der Waals surface area contributed by atoms with E-state index in [1.165, 1.54) is 11.8 Å². The van der Waals surface area contributed by atoms with Gasteiger partial charge in [0, 0.05) is 11.4 Å². The molecular formula is C15H15N3O2S. The first kappa shape index (κ1) is 13.6. The van der Waals surface area contributed by atoms with Crippen LogP contribution >= 0.6 is 11.3 Å². The Morgan fingerprint density at radius 3 is 3.05 bits per heavy atom. The van der Waals surface area contributed by atoms with E-state index in [9.17, 15) is 4.79 Å². The minimum absolute atomic E-state index is 0.359. The fourth-order valence-electron chi connectivity index (χ4n) is 2.12. The molecule has 3 aromatic rings. The van der Waals surface area contributed by atoms with Gasteiger partial charge in [0.2, 0.25) is 0 Å². The standard InChI is InChI=1S/C15H15N3O2S/c1-9-17-12-5-3-10(7-14(12)21-9)16-8-11-4-6-13(18-11)15(19)20-2/h3-7,16,18H,8H2,1-2H3. The first-order chi connectivity index (χ1) is 10.2. The highest BCUT2D eigenvalue weighted by molar-refractivity contribution is 7.18. The molecule has 0 unspecified atom stereocenters. The predicted octanol–water partition coefficient (Wildman–Crippen LogP) is 3.33. The third kappa shape index (κ3) is 2.90. The number of carbonyl (C=O) groups excluding carboxylic acids is 1. The van der Waals surface area contributed by atoms with Crippen molar-refractivity contribution >= 4 is 33.2 Å². The third-order valence-electron chi connectivity index (χ3n) is 3.13. The number of benzene rings is 1. The number of thiazole rings is 1. The van der Waals surface area contributed by atoms with Crippen LogP contribution in [0.3, 0.4) is 0 Å². The number of carbonyl (C=O) groups is 1. The number of ether oxygens (including phenoxy) is 1. The average Bonchev–Trinajstić information content (AvgIpc) is 3.09. The average molecular weight is 301 g/mol. The zero-order chi connectivity index (χ0) is 14.8. The van der Waals surface area contributed by atoms with Gasteiger partial charge >= 0.3 is 5.97 Å². The molecule has 5 nitrogen and oxygen atoms in total. The number of aryl methyl sites for hydroxylation is 1. The Balaban J connectivity index is 1.70. The van der Waals surface area contributed by atoms with E-state index in [1.807, 2.05) is 25.1 Å². The molecule has 0 fully saturated rings. The number of methoxy groups -OCH3 is 1. The molecule has 0 amide bonds. The summed E-state index contributed by atoms with van der Waals surface area (Å²) in [5, 5.41) is 4.39. The molecule has 21 heavy (non-hydrogen) atoms. The molecule has 0 atom stereocenters. The Bertz CT molecular complexity index is 791. The van der Waals surface area contributed by atoms with E-state index in [0.29, 0.717) is 12.2 Å². The maximum Gasteiger partial charge on any atom is 0.354 e. The second-order valence-corrected chi connectivity index (χ2v) is 5.89. The van der Waals surface area contributed by atoms with Crippen LogP contribution in [0.2, 0.25) is 0 Å². The maximum absolute atomic E-state index is 11.4. The highest BCUT2D eigenvalue weighted by atomic mass is 32.1. The molecule has 2 N–H and O–H groups in total. The third-order valence-corrected chi connectivity index (χ3v) is 4.06. The number of rotatable bonds is 4. The molecule has 0 aliphatic carbocycles. The number of fused-ring (bicyclic) bond motifs is 1. The van der Waals surface area contributed by atoms with Crippen molar-refractivity contribution in [3.8, 4) is 0 Å². The van der Waals surface area contributed by atoms with Crippen LogP contribution in [-0.4, -0.2) is 23.0 Å². The number of nitrogens with zero attached hydrogens (tertiary/aromatic N) is 1. The number of anilines is 1. The number of hydrogen-bond donors (Lipinski definition) is 2. The van der Waals surface area contributed by atoms with Gasteiger partial charge in [0.1, 0.15) is 5.69 Å². The van der Waals surface area contributed by atoms with Crippen molar-refractivity contribution in [1.82, 2.24) is 9.97 Å². The van der Waals surface area contributed by atoms with Crippen LogP contribution in [0.25, 0.3) is 10.2 Å². The van der Waals surface area contributed by atoms with Crippen molar-refractivity contribution in [1.29, 1.82) is 0 Å². The van der Waals surface area contributed by atoms with Gasteiger partial charge in [0.15, 0.2) is 0 Å². The van der Waals surface area contributed by atoms with Crippen LogP contribution in [0.1, 0.15) is 21.2 Å². The van der Waals surface area contributed by atoms with E-state index in [-0.39, 0.29) is 5.97 Å². The molecule has 2 aromatic heterocycles. The Morgan fingerprint density at radius 2 is 2.24 bits per heavy atom. The lowest BCUT2D eigenvalue weighted by molar-refractivity contribution is 0.0594. The molecule has 0 saturated heterocycles. The molecule has 0 radical (unpaired) electrons. The quantitative estimate of drug-likeness (QED) is 0.725. The van der Waals surface area contributed by atoms with Gasteiger partial charge in [-0.2, -0.15) is 0 Å². The van der Waals surface area contributed by atoms with E-state index in [0.717, 1.165) is 21.9 Å². The molecular weight excluding hydrogens is 286 g/mol. The number of nitrogens with one attached hydrogen (secondary N) is 2. The van der Waals surface area contributed by atoms with E-state index in [1.54, 1.807) is 17.4 Å². The van der Waals surface area contributed by atoms with Crippen LogP contribution in [0.5, 0.6) is 0 Å². The zero-order valence-corrected chi connectivity index (χ0v) is 12.6. The molecule has 1 aromatic carbocycles. The lowest BCUT2D eigenvalue weighted by Gasteiger charge is -2.04. The zero-order valence-electron chi connectivity index (χ0n) is 11.8. The van der Waals surface area contributed by atoms with Crippen LogP contribution in [0, 0.1) is 6.92 Å². The summed E-state index contributed by atoms with van der Waals surface area (Å²) in [6.07, 6.45) is 0. The summed E-state index contributed by atoms with van der Waals surface area (Å²) in [5.41, 5.74) is 3.44. The highest BCUT2D eigenvalue weighted by Crippen LogP contribution is 2.24. The minimum atomic E-state index is -0.359. The van der Waals surface area contributed by atoms with E-state index in [2.05, 4.69) is 26.1 Å². The Kier molecular flexibility index (Phi) is 3.62. The fourth-order valence-corrected chi connectivity index (χ4v) is 2.99. The first-order valence-corrected chi connectivity index (χ1v) is 7.34. The number of aromatic nitrogens is 2. The van der Waals surface area contributed by atoms with Gasteiger partial charge in [0.25, 0.3) is 0 Å². The molecule has 0 spiro atoms. The summed E-state index contributed by atoms with van der Waals surface area (Å²) in [7, 11) is 1.37. The monoisotopic (exact) mass is 301 g/mol. The van der Waals surface area contributed by atoms with Crippen LogP contribution < -0.4 is 5.32 Å². The normalized spacial score (nSPS) is 10.8. The number of aromatic amines is 1. The Labute approximate surface area is 126 Å². The number of hydrogen-bond acceptors (Lipinski definition) is 5. The van der Waals surface area contributed by atoms with Gasteiger partial charge in [-0.15, -0.1) is 11.3 Å². The molecule has 0 aliphatic rings. The number of H-pyrrole nitrogens is 1. The van der Waals surface area contributed by atoms with Gasteiger partial charge < -0.3 is 15.0 Å². The van der Waals surface area contributed by atoms with Crippen LogP contribution in [-0.2, 0) is 11.3 Å². The minimum Gasteiger partial charge on any atom is -0.464 e. The molecule has 3 rings (SSSR count). The topological polar surface area (TPSA) is 67.0 Å². The molecule has 0 bridgehead atoms. The first-order valence-electron chi connectivity index (χ1n) is 6.53. The largest absolute Gasteiger partial charge is 0.464 e. The van der Waals surface area contributed by atoms with Crippen LogP contribution in [0.15, 0.2) is 30.3 Å². The van der Waals surface area contributed by atoms with Crippen molar-refractivity contribution in [3.63, 3.8) is 0 Å². The van der Waals surface area contributed by atoms with E-state index < -0.39 is 0 Å². The van der Waals surface area contributed by atoms with Gasteiger partial charge in [-0.05, 0) is 37.3 Å². The van der Waals surface area contributed by atoms with Crippen molar-refractivity contribution in [3.05, 3.63) is 46.7 Å². The number of esters is 1. The van der Waals surface area contributed by atoms with Crippen molar-refractivity contribution in [2.45, 2.75) is 13.5 Å². The molecule has 0 aliphatic heterocycles. The lowest BCUT2D eigenvalue weighted by Crippen LogP contribution is -2.03. The Morgan fingerprint density at radius 1 is 1.38 bits per heavy atom. The van der Waals surface area contributed by atoms with Crippen LogP contribution in [0.4, 0.5) is 5.69 Å². The Hall–Kier alpha value is -2.34. The SMILES string of the molecule is COC(=O)c1ccc(CNc2ccc3nc(C)sc3c2)[nH]1. The molecule has 0 saturated carbocycles. The summed E-state index contributed by atoms with van der Waals surface area (Å²) >= 11 is 1.68. The lowest BCUT2D eigenvalue weighted by atomic mass is 10.3. The molecule has 2 heterocycles. The molecule has 108 valence electrons. The van der Waals surface area contributed by atoms with E-state index in [4.69, 9.17) is 0 Å². The second kappa shape index (κ2) is 5.57. The van der Waals surface area contributed by atoms with Gasteiger partial charge in [0.05, 0.1) is 28.9 Å². The summed E-state index contributed by atoms with van der Waals surface area (Å²) < 4.78 is 5.83. The van der Waals surface area contributed by atoms with Gasteiger partial charge in [-0.1, -0.05) is 0 Å². The second-order valence-electron chi connectivity index (χ2n) is 4.66. The van der Waals surface area contributed by atoms with Gasteiger partial charge in [-0.3, -0.25) is 0 Å². The smallest absolute Gasteiger partial charge is 0.354 e. The summed E-state index contributed by atoms with van der Waals surface area (Å²) in [6, 6.07) is 9.69. The highest BCUT2D eigenvalue weighted by Gasteiger charge is 2.08.